The summed E-state index contributed by atoms with van der Waals surface area (Å²) < 4.78 is 0. The number of piperazine rings is 1. The van der Waals surface area contributed by atoms with E-state index in [1.165, 1.54) is 0 Å². The molecule has 0 unspecified atom stereocenters. The van der Waals surface area contributed by atoms with E-state index < -0.39 is 0 Å². The fraction of sp³-hybridized carbons (Fsp3) is 0.333. The molecule has 1 aromatic heterocycles. The summed E-state index contributed by atoms with van der Waals surface area (Å²) in [5, 5.41) is 4.20. The lowest BCUT2D eigenvalue weighted by Gasteiger charge is -2.35. The minimum absolute atomic E-state index is 0.0363. The lowest BCUT2D eigenvalue weighted by molar-refractivity contribution is 0.194. The average Bonchev–Trinajstić information content (AvgIpc) is 2.64. The SMILES string of the molecule is O=C(NCCc1ccc(Cl)cc1Cl)N1CCN(c2ccccn2)CC1. The Bertz CT molecular complexity index is 718. The highest BCUT2D eigenvalue weighted by molar-refractivity contribution is 6.35. The minimum atomic E-state index is -0.0363. The number of benzene rings is 1. The normalized spacial score (nSPS) is 14.5. The molecule has 5 nitrogen and oxygen atoms in total. The van der Waals surface area contributed by atoms with Gasteiger partial charge in [-0.3, -0.25) is 0 Å². The van der Waals surface area contributed by atoms with E-state index >= 15 is 0 Å². The molecule has 2 aromatic rings. The first-order valence-electron chi connectivity index (χ1n) is 8.26. The maximum absolute atomic E-state index is 12.3. The van der Waals surface area contributed by atoms with Crippen LogP contribution in [0.15, 0.2) is 42.6 Å². The van der Waals surface area contributed by atoms with Gasteiger partial charge in [0.25, 0.3) is 0 Å². The first-order valence-corrected chi connectivity index (χ1v) is 9.02. The summed E-state index contributed by atoms with van der Waals surface area (Å²) >= 11 is 12.0. The molecule has 2 amide bonds. The Balaban J connectivity index is 1.43. The van der Waals surface area contributed by atoms with Crippen molar-refractivity contribution in [1.29, 1.82) is 0 Å². The van der Waals surface area contributed by atoms with Gasteiger partial charge in [0, 0.05) is 49.0 Å². The number of carbonyl (C=O) groups excluding carboxylic acids is 1. The molecule has 1 saturated heterocycles. The summed E-state index contributed by atoms with van der Waals surface area (Å²) in [4.78, 5) is 20.7. The third-order valence-corrected chi connectivity index (χ3v) is 4.81. The monoisotopic (exact) mass is 378 g/mol. The van der Waals surface area contributed by atoms with Gasteiger partial charge in [-0.25, -0.2) is 9.78 Å². The smallest absolute Gasteiger partial charge is 0.317 e. The average molecular weight is 379 g/mol. The van der Waals surface area contributed by atoms with Crippen LogP contribution < -0.4 is 10.2 Å². The first-order chi connectivity index (χ1) is 12.1. The summed E-state index contributed by atoms with van der Waals surface area (Å²) in [7, 11) is 0. The van der Waals surface area contributed by atoms with E-state index in [0.717, 1.165) is 24.5 Å². The third-order valence-electron chi connectivity index (χ3n) is 4.23. The molecule has 1 fully saturated rings. The molecule has 0 bridgehead atoms. The standard InChI is InChI=1S/C18H20Cl2N4O/c19-15-5-4-14(16(20)13-15)6-8-22-18(25)24-11-9-23(10-12-24)17-3-1-2-7-21-17/h1-5,7,13H,6,8-12H2,(H,22,25). The van der Waals surface area contributed by atoms with E-state index in [2.05, 4.69) is 15.2 Å². The number of nitrogens with one attached hydrogen (secondary N) is 1. The zero-order chi connectivity index (χ0) is 17.6. The molecule has 1 aliphatic rings. The molecule has 0 radical (unpaired) electrons. The van der Waals surface area contributed by atoms with Crippen molar-refractivity contribution in [3.05, 3.63) is 58.2 Å². The minimum Gasteiger partial charge on any atom is -0.353 e. The molecule has 25 heavy (non-hydrogen) atoms. The number of nitrogens with zero attached hydrogens (tertiary/aromatic N) is 3. The van der Waals surface area contributed by atoms with Crippen LogP contribution in [0.4, 0.5) is 10.6 Å². The zero-order valence-corrected chi connectivity index (χ0v) is 15.3. The maximum Gasteiger partial charge on any atom is 0.317 e. The van der Waals surface area contributed by atoms with Crippen LogP contribution in [-0.2, 0) is 6.42 Å². The van der Waals surface area contributed by atoms with E-state index in [1.807, 2.05) is 29.2 Å². The highest BCUT2D eigenvalue weighted by Crippen LogP contribution is 2.21. The van der Waals surface area contributed by atoms with Gasteiger partial charge in [-0.1, -0.05) is 35.3 Å². The second-order valence-corrected chi connectivity index (χ2v) is 6.72. The van der Waals surface area contributed by atoms with E-state index in [4.69, 9.17) is 23.2 Å². The Morgan fingerprint density at radius 1 is 1.12 bits per heavy atom. The molecular formula is C18H20Cl2N4O. The van der Waals surface area contributed by atoms with Crippen molar-refractivity contribution in [1.82, 2.24) is 15.2 Å². The molecule has 0 aliphatic carbocycles. The van der Waals surface area contributed by atoms with Gasteiger partial charge in [-0.05, 0) is 36.2 Å². The van der Waals surface area contributed by atoms with Crippen LogP contribution >= 0.6 is 23.2 Å². The molecule has 2 heterocycles. The van der Waals surface area contributed by atoms with Crippen LogP contribution in [0.5, 0.6) is 0 Å². The first kappa shape index (κ1) is 17.8. The van der Waals surface area contributed by atoms with Crippen LogP contribution in [0.1, 0.15) is 5.56 Å². The van der Waals surface area contributed by atoms with Gasteiger partial charge < -0.3 is 15.1 Å². The van der Waals surface area contributed by atoms with E-state index in [1.54, 1.807) is 18.3 Å². The van der Waals surface area contributed by atoms with Crippen LogP contribution in [0, 0.1) is 0 Å². The van der Waals surface area contributed by atoms with Crippen LogP contribution in [0.25, 0.3) is 0 Å². The quantitative estimate of drug-likeness (QED) is 0.885. The second kappa shape index (κ2) is 8.41. The summed E-state index contributed by atoms with van der Waals surface area (Å²) in [6.45, 7) is 3.48. The van der Waals surface area contributed by atoms with Crippen molar-refractivity contribution in [3.8, 4) is 0 Å². The van der Waals surface area contributed by atoms with Gasteiger partial charge >= 0.3 is 6.03 Å². The van der Waals surface area contributed by atoms with Crippen molar-refractivity contribution in [2.45, 2.75) is 6.42 Å². The number of halogens is 2. The number of pyridine rings is 1. The van der Waals surface area contributed by atoms with Crippen LogP contribution in [0.2, 0.25) is 10.0 Å². The van der Waals surface area contributed by atoms with E-state index in [-0.39, 0.29) is 6.03 Å². The van der Waals surface area contributed by atoms with Gasteiger partial charge in [-0.2, -0.15) is 0 Å². The fourth-order valence-corrected chi connectivity index (χ4v) is 3.32. The van der Waals surface area contributed by atoms with E-state index in [9.17, 15) is 4.79 Å². The Labute approximate surface area is 157 Å². The topological polar surface area (TPSA) is 48.5 Å². The van der Waals surface area contributed by atoms with Gasteiger partial charge in [0.15, 0.2) is 0 Å². The molecule has 132 valence electrons. The molecular weight excluding hydrogens is 359 g/mol. The lowest BCUT2D eigenvalue weighted by atomic mass is 10.1. The number of urea groups is 1. The van der Waals surface area contributed by atoms with Crippen molar-refractivity contribution in [2.24, 2.45) is 0 Å². The number of carbonyl (C=O) groups is 1. The molecule has 1 N–H and O–H groups in total. The molecule has 0 spiro atoms. The van der Waals surface area contributed by atoms with Crippen molar-refractivity contribution < 1.29 is 4.79 Å². The third kappa shape index (κ3) is 4.77. The Morgan fingerprint density at radius 2 is 1.92 bits per heavy atom. The second-order valence-electron chi connectivity index (χ2n) is 5.88. The summed E-state index contributed by atoms with van der Waals surface area (Å²) in [6.07, 6.45) is 2.46. The fourth-order valence-electron chi connectivity index (χ4n) is 2.82. The Hall–Kier alpha value is -1.98. The zero-order valence-electron chi connectivity index (χ0n) is 13.8. The van der Waals surface area contributed by atoms with Gasteiger partial charge in [0.05, 0.1) is 0 Å². The van der Waals surface area contributed by atoms with Gasteiger partial charge in [0.2, 0.25) is 0 Å². The van der Waals surface area contributed by atoms with Gasteiger partial charge in [-0.15, -0.1) is 0 Å². The number of hydrogen-bond acceptors (Lipinski definition) is 3. The molecule has 1 aliphatic heterocycles. The van der Waals surface area contributed by atoms with Crippen LogP contribution in [-0.4, -0.2) is 48.6 Å². The summed E-state index contributed by atoms with van der Waals surface area (Å²) in [5.41, 5.74) is 0.978. The highest BCUT2D eigenvalue weighted by atomic mass is 35.5. The summed E-state index contributed by atoms with van der Waals surface area (Å²) in [5.74, 6) is 0.958. The molecule has 7 heteroatoms. The van der Waals surface area contributed by atoms with Crippen molar-refractivity contribution in [2.75, 3.05) is 37.6 Å². The number of aromatic nitrogens is 1. The van der Waals surface area contributed by atoms with E-state index in [0.29, 0.717) is 36.1 Å². The van der Waals surface area contributed by atoms with Crippen molar-refractivity contribution in [3.63, 3.8) is 0 Å². The largest absolute Gasteiger partial charge is 0.353 e. The lowest BCUT2D eigenvalue weighted by Crippen LogP contribution is -2.52. The molecule has 0 saturated carbocycles. The molecule has 0 atom stereocenters. The maximum atomic E-state index is 12.3. The highest BCUT2D eigenvalue weighted by Gasteiger charge is 2.21. The number of anilines is 1. The predicted octanol–water partition coefficient (Wildman–Crippen LogP) is 3.46. The number of rotatable bonds is 4. The molecule has 1 aromatic carbocycles. The Morgan fingerprint density at radius 3 is 2.60 bits per heavy atom. The van der Waals surface area contributed by atoms with Crippen molar-refractivity contribution >= 4 is 35.1 Å². The molecule has 3 rings (SSSR count). The predicted molar refractivity (Wildman–Crippen MR) is 102 cm³/mol. The summed E-state index contributed by atoms with van der Waals surface area (Å²) in [6, 6.07) is 11.3. The number of amides is 2. The van der Waals surface area contributed by atoms with Gasteiger partial charge in [0.1, 0.15) is 5.82 Å². The number of hydrogen-bond donors (Lipinski definition) is 1. The Kier molecular flexibility index (Phi) is 6.00. The van der Waals surface area contributed by atoms with Crippen LogP contribution in [0.3, 0.4) is 0 Å².